The van der Waals surface area contributed by atoms with Crippen LogP contribution in [0, 0.1) is 12.7 Å². The molecule has 3 heteroatoms. The second-order valence-electron chi connectivity index (χ2n) is 8.53. The molecule has 5 aromatic rings. The van der Waals surface area contributed by atoms with Gasteiger partial charge in [0.05, 0.1) is 5.56 Å². The summed E-state index contributed by atoms with van der Waals surface area (Å²) in [6.07, 6.45) is 1.64. The number of halogens is 1. The van der Waals surface area contributed by atoms with Gasteiger partial charge < -0.3 is 4.42 Å². The first-order chi connectivity index (χ1) is 20.6. The van der Waals surface area contributed by atoms with Crippen LogP contribution in [0.5, 0.6) is 0 Å². The van der Waals surface area contributed by atoms with Crippen molar-refractivity contribution in [2.75, 3.05) is 0 Å². The lowest BCUT2D eigenvalue weighted by atomic mass is 9.90. The van der Waals surface area contributed by atoms with E-state index in [1.54, 1.807) is 29.9 Å². The Labute approximate surface area is 216 Å². The van der Waals surface area contributed by atoms with Gasteiger partial charge in [0.25, 0.3) is 0 Å². The van der Waals surface area contributed by atoms with Gasteiger partial charge in [-0.2, -0.15) is 0 Å². The highest BCUT2D eigenvalue weighted by Gasteiger charge is 2.22. The van der Waals surface area contributed by atoms with E-state index < -0.39 is 49.3 Å². The van der Waals surface area contributed by atoms with Gasteiger partial charge >= 0.3 is 0 Å². The molecule has 0 bridgehead atoms. The zero-order valence-corrected chi connectivity index (χ0v) is 19.1. The third-order valence-corrected chi connectivity index (χ3v) is 6.22. The molecule has 0 fully saturated rings. The molecule has 1 atom stereocenters. The zero-order chi connectivity index (χ0) is 33.5. The van der Waals surface area contributed by atoms with E-state index >= 15 is 4.39 Å². The molecule has 0 aliphatic rings. The summed E-state index contributed by atoms with van der Waals surface area (Å²) in [7, 11) is 1.75. The number of pyridine rings is 1. The van der Waals surface area contributed by atoms with E-state index in [1.807, 2.05) is 43.3 Å². The smallest absolute Gasteiger partial charge is 0.216 e. The van der Waals surface area contributed by atoms with E-state index in [0.29, 0.717) is 11.1 Å². The molecule has 2 heterocycles. The normalized spacial score (nSPS) is 19.8. The van der Waals surface area contributed by atoms with Crippen molar-refractivity contribution in [2.45, 2.75) is 46.2 Å². The number of benzene rings is 3. The molecule has 0 amide bonds. The summed E-state index contributed by atoms with van der Waals surface area (Å²) in [5.41, 5.74) is 2.48. The van der Waals surface area contributed by atoms with Gasteiger partial charge in [0.2, 0.25) is 5.69 Å². The Morgan fingerprint density at radius 2 is 1.65 bits per heavy atom. The average Bonchev–Trinajstić information content (AvgIpc) is 3.29. The number of rotatable bonds is 4. The monoisotopic (exact) mass is 463 g/mol. The minimum absolute atomic E-state index is 0.0510. The van der Waals surface area contributed by atoms with E-state index in [-0.39, 0.29) is 5.56 Å². The molecule has 0 N–H and O–H groups in total. The number of fused-ring (bicyclic) bond motifs is 3. The largest absolute Gasteiger partial charge is 0.455 e. The van der Waals surface area contributed by atoms with Gasteiger partial charge in [0, 0.05) is 37.5 Å². The van der Waals surface area contributed by atoms with Crippen LogP contribution in [-0.2, 0) is 7.05 Å². The summed E-state index contributed by atoms with van der Waals surface area (Å²) in [5.74, 6) is -7.60. The van der Waals surface area contributed by atoms with Crippen molar-refractivity contribution < 1.29 is 28.5 Å². The number of para-hydroxylation sites is 1. The highest BCUT2D eigenvalue weighted by molar-refractivity contribution is 6.09. The number of aromatic nitrogens is 1. The second kappa shape index (κ2) is 8.39. The lowest BCUT2D eigenvalue weighted by molar-refractivity contribution is -0.659. The van der Waals surface area contributed by atoms with E-state index in [1.165, 1.54) is 0 Å². The van der Waals surface area contributed by atoms with Crippen LogP contribution in [0.15, 0.2) is 71.3 Å². The molecule has 34 heavy (non-hydrogen) atoms. The van der Waals surface area contributed by atoms with Crippen molar-refractivity contribution in [3.8, 4) is 22.4 Å². The topological polar surface area (TPSA) is 17.0 Å². The molecule has 5 rings (SSSR count). The van der Waals surface area contributed by atoms with E-state index in [0.717, 1.165) is 52.2 Å². The number of aryl methyl sites for hydroxylation is 2. The van der Waals surface area contributed by atoms with Gasteiger partial charge in [0.1, 0.15) is 24.0 Å². The number of nitrogens with zero attached hydrogens (tertiary/aromatic N) is 1. The number of furan rings is 1. The quantitative estimate of drug-likeness (QED) is 0.244. The van der Waals surface area contributed by atoms with Crippen LogP contribution in [0.3, 0.4) is 0 Å². The Hall–Kier alpha value is -3.46. The van der Waals surface area contributed by atoms with Gasteiger partial charge in [0.15, 0.2) is 6.20 Å². The molecular formula is C31H31FNO+. The minimum atomic E-state index is -3.54. The molecule has 0 aliphatic carbocycles. The zero-order valence-electron chi connectivity index (χ0n) is 30.1. The van der Waals surface area contributed by atoms with Crippen LogP contribution in [0.1, 0.15) is 71.0 Å². The number of hydrogen-bond acceptors (Lipinski definition) is 1. The standard InChI is InChI=1S/C31H31FNO/c1-18(2)25-15-22(16-26(19(3)4)30(25)32)21-12-14-27(33(6)17-21)29-20(5)11-13-24-23-9-7-8-10-28(23)34-31(24)29/h7-19H,1-6H3/q+1/i1D3,2D3,3D3,18D,19D. The lowest BCUT2D eigenvalue weighted by Crippen LogP contribution is -2.31. The first-order valence-electron chi connectivity index (χ1n) is 16.4. The molecule has 0 spiro atoms. The van der Waals surface area contributed by atoms with E-state index in [2.05, 4.69) is 0 Å². The summed E-state index contributed by atoms with van der Waals surface area (Å²) in [4.78, 5) is 0. The Balaban J connectivity index is 1.78. The second-order valence-corrected chi connectivity index (χ2v) is 8.53. The Morgan fingerprint density at radius 3 is 2.38 bits per heavy atom. The summed E-state index contributed by atoms with van der Waals surface area (Å²) < 4.78 is 113. The van der Waals surface area contributed by atoms with Crippen molar-refractivity contribution in [1.82, 2.24) is 0 Å². The molecule has 0 aliphatic heterocycles. The van der Waals surface area contributed by atoms with E-state index in [9.17, 15) is 0 Å². The lowest BCUT2D eigenvalue weighted by Gasteiger charge is -2.16. The Bertz CT molecular complexity index is 1940. The Kier molecular flexibility index (Phi) is 3.17. The van der Waals surface area contributed by atoms with Crippen LogP contribution in [-0.4, -0.2) is 0 Å². The van der Waals surface area contributed by atoms with Crippen molar-refractivity contribution in [3.63, 3.8) is 0 Å². The van der Waals surface area contributed by atoms with Crippen molar-refractivity contribution in [3.05, 3.63) is 89.4 Å². The van der Waals surface area contributed by atoms with Crippen molar-refractivity contribution >= 4 is 21.9 Å². The molecule has 172 valence electrons. The maximum atomic E-state index is 16.2. The SMILES string of the molecule is [2H]C([2H])([2H])C([2H])(C)c1cc(-c2ccc(-c3c(C)ccc4c3oc3ccccc34)[n+](C)c2)cc(C([2H])(C([2H])([2H])[2H])C([2H])([2H])[2H])c1F. The molecule has 1 unspecified atom stereocenters. The molecular weight excluding hydrogens is 421 g/mol. The van der Waals surface area contributed by atoms with Gasteiger partial charge in [-0.15, -0.1) is 0 Å². The molecule has 2 aromatic heterocycles. The van der Waals surface area contributed by atoms with Crippen LogP contribution >= 0.6 is 0 Å². The molecule has 0 saturated carbocycles. The number of hydrogen-bond donors (Lipinski definition) is 0. The van der Waals surface area contributed by atoms with Gasteiger partial charge in [-0.3, -0.25) is 0 Å². The Morgan fingerprint density at radius 1 is 0.912 bits per heavy atom. The van der Waals surface area contributed by atoms with E-state index in [4.69, 9.17) is 19.5 Å². The van der Waals surface area contributed by atoms with Crippen LogP contribution in [0.25, 0.3) is 44.3 Å². The van der Waals surface area contributed by atoms with Crippen LogP contribution < -0.4 is 4.57 Å². The third kappa shape index (κ3) is 3.60. The fourth-order valence-electron chi connectivity index (χ4n) is 4.49. The highest BCUT2D eigenvalue weighted by atomic mass is 19.1. The predicted molar refractivity (Wildman–Crippen MR) is 139 cm³/mol. The minimum Gasteiger partial charge on any atom is -0.455 e. The fourth-order valence-corrected chi connectivity index (χ4v) is 4.49. The van der Waals surface area contributed by atoms with Gasteiger partial charge in [-0.25, -0.2) is 8.96 Å². The third-order valence-electron chi connectivity index (χ3n) is 6.22. The summed E-state index contributed by atoms with van der Waals surface area (Å²) in [5, 5.41) is 1.87. The average molecular weight is 464 g/mol. The highest BCUT2D eigenvalue weighted by Crippen LogP contribution is 2.37. The molecule has 0 radical (unpaired) electrons. The van der Waals surface area contributed by atoms with Crippen LogP contribution in [0.4, 0.5) is 4.39 Å². The van der Waals surface area contributed by atoms with Crippen molar-refractivity contribution in [1.29, 1.82) is 0 Å². The first-order valence-corrected chi connectivity index (χ1v) is 10.9. The summed E-state index contributed by atoms with van der Waals surface area (Å²) in [6, 6.07) is 17.1. The van der Waals surface area contributed by atoms with Gasteiger partial charge in [-0.1, -0.05) is 57.8 Å². The fraction of sp³-hybridized carbons (Fsp3) is 0.258. The first kappa shape index (κ1) is 12.9. The molecule has 3 aromatic carbocycles. The summed E-state index contributed by atoms with van der Waals surface area (Å²) >= 11 is 0. The van der Waals surface area contributed by atoms with Crippen molar-refractivity contribution in [2.24, 2.45) is 7.05 Å². The van der Waals surface area contributed by atoms with Gasteiger partial charge in [-0.05, 0) is 65.2 Å². The summed E-state index contributed by atoms with van der Waals surface area (Å²) in [6.45, 7) is -7.26. The maximum absolute atomic E-state index is 16.2. The molecule has 0 saturated heterocycles. The molecule has 2 nitrogen and oxygen atoms in total. The maximum Gasteiger partial charge on any atom is 0.216 e. The predicted octanol–water partition coefficient (Wildman–Crippen LogP) is 8.44. The van der Waals surface area contributed by atoms with Crippen LogP contribution in [0.2, 0.25) is 0 Å².